The average Bonchev–Trinajstić information content (AvgIpc) is 2.81. The highest BCUT2D eigenvalue weighted by Gasteiger charge is 2.54. The lowest BCUT2D eigenvalue weighted by molar-refractivity contribution is 0.100. The summed E-state index contributed by atoms with van der Waals surface area (Å²) in [6.45, 7) is 11.1. The molecule has 0 amide bonds. The summed E-state index contributed by atoms with van der Waals surface area (Å²) in [5, 5.41) is 0. The number of nitrogens with one attached hydrogen (secondary N) is 1. The van der Waals surface area contributed by atoms with E-state index in [1.807, 2.05) is 13.8 Å². The van der Waals surface area contributed by atoms with Gasteiger partial charge in [0, 0.05) is 0 Å². The molecule has 1 N–H and O–H groups in total. The molecule has 5 heteroatoms. The van der Waals surface area contributed by atoms with Crippen LogP contribution in [0.5, 0.6) is 0 Å². The van der Waals surface area contributed by atoms with Crippen molar-refractivity contribution in [3.63, 3.8) is 0 Å². The quantitative estimate of drug-likeness (QED) is 0.743. The van der Waals surface area contributed by atoms with Crippen LogP contribution in [0, 0.1) is 10.8 Å². The van der Waals surface area contributed by atoms with Crippen LogP contribution in [0.1, 0.15) is 41.0 Å². The summed E-state index contributed by atoms with van der Waals surface area (Å²) in [5.41, 5.74) is -0.367. The number of ether oxygens (including phenoxy) is 1. The lowest BCUT2D eigenvalue weighted by Crippen LogP contribution is -2.39. The van der Waals surface area contributed by atoms with Crippen molar-refractivity contribution in [2.45, 2.75) is 46.6 Å². The van der Waals surface area contributed by atoms with E-state index in [1.54, 1.807) is 0 Å². The number of hydrogen-bond acceptors (Lipinski definition) is 3. The Bertz CT molecular complexity index is 381. The van der Waals surface area contributed by atoms with Gasteiger partial charge in [-0.25, -0.2) is 13.1 Å². The Labute approximate surface area is 105 Å². The Morgan fingerprint density at radius 3 is 2.12 bits per heavy atom. The summed E-state index contributed by atoms with van der Waals surface area (Å²) in [6.07, 6.45) is 0.817. The molecule has 0 aromatic heterocycles. The first-order valence-electron chi connectivity index (χ1n) is 5.98. The average molecular weight is 263 g/mol. The predicted molar refractivity (Wildman–Crippen MR) is 69.4 cm³/mol. The van der Waals surface area contributed by atoms with E-state index in [0.717, 1.165) is 13.0 Å². The fraction of sp³-hybridized carbons (Fsp3) is 1.00. The predicted octanol–water partition coefficient (Wildman–Crippen LogP) is 1.77. The van der Waals surface area contributed by atoms with Gasteiger partial charge in [0.1, 0.15) is 0 Å². The normalized spacial score (nSPS) is 26.0. The van der Waals surface area contributed by atoms with E-state index >= 15 is 0 Å². The van der Waals surface area contributed by atoms with E-state index < -0.39 is 10.0 Å². The topological polar surface area (TPSA) is 58.7 Å². The Hall–Kier alpha value is -0.130. The lowest BCUT2D eigenvalue weighted by Gasteiger charge is -2.37. The van der Waals surface area contributed by atoms with Crippen molar-refractivity contribution in [1.29, 1.82) is 0 Å². The molecule has 0 saturated carbocycles. The summed E-state index contributed by atoms with van der Waals surface area (Å²) in [7, 11) is -1.71. The molecular weight excluding hydrogens is 238 g/mol. The highest BCUT2D eigenvalue weighted by molar-refractivity contribution is 7.89. The minimum absolute atomic E-state index is 0.0141. The van der Waals surface area contributed by atoms with Crippen LogP contribution in [0.4, 0.5) is 0 Å². The number of epoxide rings is 1. The molecule has 0 aliphatic carbocycles. The molecule has 1 unspecified atom stereocenters. The minimum atomic E-state index is -3.17. The maximum Gasteiger partial charge on any atom is 0.211 e. The molecule has 17 heavy (non-hydrogen) atoms. The van der Waals surface area contributed by atoms with E-state index in [0.29, 0.717) is 0 Å². The summed E-state index contributed by atoms with van der Waals surface area (Å²) in [5.74, 6) is 0.149. The first-order valence-corrected chi connectivity index (χ1v) is 7.64. The van der Waals surface area contributed by atoms with Crippen LogP contribution in [-0.4, -0.2) is 33.4 Å². The van der Waals surface area contributed by atoms with Gasteiger partial charge in [-0.1, -0.05) is 27.7 Å². The molecule has 0 aromatic carbocycles. The fourth-order valence-corrected chi connectivity index (χ4v) is 3.80. The monoisotopic (exact) mass is 263 g/mol. The largest absolute Gasteiger partial charge is 0.369 e. The van der Waals surface area contributed by atoms with Crippen LogP contribution in [0.3, 0.4) is 0 Å². The number of sulfonamides is 1. The summed E-state index contributed by atoms with van der Waals surface area (Å²) >= 11 is 0. The number of hydrogen-bond donors (Lipinski definition) is 1. The third-order valence-corrected chi connectivity index (χ3v) is 5.60. The zero-order chi connectivity index (χ0) is 13.5. The highest BCUT2D eigenvalue weighted by Crippen LogP contribution is 2.50. The van der Waals surface area contributed by atoms with Crippen LogP contribution >= 0.6 is 0 Å². The summed E-state index contributed by atoms with van der Waals surface area (Å²) < 4.78 is 31.1. The van der Waals surface area contributed by atoms with E-state index in [1.165, 1.54) is 7.05 Å². The van der Waals surface area contributed by atoms with E-state index in [-0.39, 0.29) is 22.2 Å². The van der Waals surface area contributed by atoms with Crippen LogP contribution < -0.4 is 4.72 Å². The second-order valence-electron chi connectivity index (χ2n) is 6.71. The van der Waals surface area contributed by atoms with Crippen LogP contribution in [0.25, 0.3) is 0 Å². The Morgan fingerprint density at radius 2 is 1.76 bits per heavy atom. The van der Waals surface area contributed by atoms with Crippen molar-refractivity contribution in [1.82, 2.24) is 4.72 Å². The van der Waals surface area contributed by atoms with Gasteiger partial charge in [0.15, 0.2) is 0 Å². The smallest absolute Gasteiger partial charge is 0.211 e. The van der Waals surface area contributed by atoms with Crippen molar-refractivity contribution in [3.05, 3.63) is 0 Å². The number of rotatable bonds is 6. The van der Waals surface area contributed by atoms with Gasteiger partial charge in [-0.2, -0.15) is 0 Å². The zero-order valence-electron chi connectivity index (χ0n) is 11.8. The molecule has 0 spiro atoms. The molecule has 1 saturated heterocycles. The third kappa shape index (κ3) is 3.66. The molecule has 1 rings (SSSR count). The molecule has 1 heterocycles. The highest BCUT2D eigenvalue weighted by atomic mass is 32.2. The van der Waals surface area contributed by atoms with Crippen LogP contribution in [0.2, 0.25) is 0 Å². The molecule has 1 aliphatic rings. The molecular formula is C12H25NO3S. The van der Waals surface area contributed by atoms with Crippen LogP contribution in [-0.2, 0) is 14.8 Å². The SMILES string of the molecule is CNS(=O)(=O)CC(C)(C)CC(C)(C)C1(C)CO1. The van der Waals surface area contributed by atoms with Crippen molar-refractivity contribution in [2.24, 2.45) is 10.8 Å². The second kappa shape index (κ2) is 4.21. The van der Waals surface area contributed by atoms with Gasteiger partial charge >= 0.3 is 0 Å². The van der Waals surface area contributed by atoms with E-state index in [2.05, 4.69) is 25.5 Å². The van der Waals surface area contributed by atoms with Gasteiger partial charge in [-0.05, 0) is 31.2 Å². The van der Waals surface area contributed by atoms with E-state index in [9.17, 15) is 8.42 Å². The van der Waals surface area contributed by atoms with Gasteiger partial charge in [0.2, 0.25) is 10.0 Å². The summed E-state index contributed by atoms with van der Waals surface area (Å²) in [4.78, 5) is 0. The molecule has 1 aliphatic heterocycles. The minimum Gasteiger partial charge on any atom is -0.369 e. The zero-order valence-corrected chi connectivity index (χ0v) is 12.6. The molecule has 0 radical (unpaired) electrons. The van der Waals surface area contributed by atoms with Gasteiger partial charge in [0.25, 0.3) is 0 Å². The van der Waals surface area contributed by atoms with Crippen molar-refractivity contribution in [2.75, 3.05) is 19.4 Å². The molecule has 1 atom stereocenters. The van der Waals surface area contributed by atoms with Crippen molar-refractivity contribution >= 4 is 10.0 Å². The molecule has 0 bridgehead atoms. The van der Waals surface area contributed by atoms with E-state index in [4.69, 9.17) is 4.74 Å². The molecule has 1 fully saturated rings. The maximum atomic E-state index is 11.6. The standard InChI is InChI=1S/C12H25NO3S/c1-10(2,9-17(14,15)13-6)7-11(3,4)12(5)8-16-12/h13H,7-9H2,1-6H3. The van der Waals surface area contributed by atoms with Crippen LogP contribution in [0.15, 0.2) is 0 Å². The first-order chi connectivity index (χ1) is 7.43. The van der Waals surface area contributed by atoms with Gasteiger partial charge < -0.3 is 4.74 Å². The first kappa shape index (κ1) is 14.9. The maximum absolute atomic E-state index is 11.6. The van der Waals surface area contributed by atoms with Gasteiger partial charge in [0.05, 0.1) is 18.0 Å². The Balaban J connectivity index is 2.73. The van der Waals surface area contributed by atoms with Crippen molar-refractivity contribution < 1.29 is 13.2 Å². The molecule has 102 valence electrons. The lowest BCUT2D eigenvalue weighted by atomic mass is 9.69. The summed E-state index contributed by atoms with van der Waals surface area (Å²) in [6, 6.07) is 0. The second-order valence-corrected chi connectivity index (χ2v) is 8.63. The molecule has 4 nitrogen and oxygen atoms in total. The fourth-order valence-electron chi connectivity index (χ4n) is 2.52. The third-order valence-electron chi connectivity index (χ3n) is 3.82. The van der Waals surface area contributed by atoms with Gasteiger partial charge in [-0.15, -0.1) is 0 Å². The molecule has 0 aromatic rings. The Kier molecular flexibility index (Phi) is 3.70. The van der Waals surface area contributed by atoms with Gasteiger partial charge in [-0.3, -0.25) is 0 Å². The Morgan fingerprint density at radius 1 is 1.29 bits per heavy atom. The van der Waals surface area contributed by atoms with Crippen molar-refractivity contribution in [3.8, 4) is 0 Å².